The van der Waals surface area contributed by atoms with Gasteiger partial charge in [-0.2, -0.15) is 0 Å². The van der Waals surface area contributed by atoms with E-state index in [1.807, 2.05) is 6.08 Å². The van der Waals surface area contributed by atoms with E-state index in [4.69, 9.17) is 9.84 Å². The van der Waals surface area contributed by atoms with Gasteiger partial charge >= 0.3 is 5.97 Å². The number of carbonyl (C=O) groups is 1. The first-order chi connectivity index (χ1) is 12.1. The van der Waals surface area contributed by atoms with Crippen LogP contribution in [0.2, 0.25) is 0 Å². The zero-order valence-electron chi connectivity index (χ0n) is 15.3. The Labute approximate surface area is 152 Å². The molecule has 2 aliphatic rings. The zero-order valence-corrected chi connectivity index (χ0v) is 15.3. The Morgan fingerprint density at radius 1 is 1.16 bits per heavy atom. The van der Waals surface area contributed by atoms with Gasteiger partial charge in [-0.25, -0.2) is 0 Å². The van der Waals surface area contributed by atoms with Crippen LogP contribution in [0.1, 0.15) is 64.2 Å². The Morgan fingerprint density at radius 3 is 2.72 bits per heavy atom. The highest BCUT2D eigenvalue weighted by atomic mass is 16.5. The molecule has 1 saturated carbocycles. The van der Waals surface area contributed by atoms with E-state index in [0.717, 1.165) is 32.5 Å². The fourth-order valence-corrected chi connectivity index (χ4v) is 3.94. The molecule has 2 N–H and O–H groups in total. The van der Waals surface area contributed by atoms with Crippen LogP contribution in [-0.2, 0) is 9.53 Å². The molecule has 1 saturated heterocycles. The molecule has 1 aliphatic heterocycles. The van der Waals surface area contributed by atoms with Crippen LogP contribution in [0.3, 0.4) is 0 Å². The second kappa shape index (κ2) is 11.5. The summed E-state index contributed by atoms with van der Waals surface area (Å²) in [6, 6.07) is 0. The van der Waals surface area contributed by atoms with Crippen LogP contribution in [-0.4, -0.2) is 35.5 Å². The maximum atomic E-state index is 10.5. The molecule has 142 valence electrons. The van der Waals surface area contributed by atoms with E-state index in [-0.39, 0.29) is 12.5 Å². The van der Waals surface area contributed by atoms with E-state index in [1.165, 1.54) is 32.1 Å². The van der Waals surface area contributed by atoms with Gasteiger partial charge in [-0.1, -0.05) is 56.4 Å². The number of hydrogen-bond acceptors (Lipinski definition) is 3. The minimum Gasteiger partial charge on any atom is -0.481 e. The van der Waals surface area contributed by atoms with Crippen LogP contribution < -0.4 is 0 Å². The third-order valence-corrected chi connectivity index (χ3v) is 5.49. The smallest absolute Gasteiger partial charge is 0.303 e. The quantitative estimate of drug-likeness (QED) is 0.454. The summed E-state index contributed by atoms with van der Waals surface area (Å²) in [4.78, 5) is 10.5. The molecule has 2 rings (SSSR count). The summed E-state index contributed by atoms with van der Waals surface area (Å²) in [5, 5.41) is 18.9. The maximum absolute atomic E-state index is 10.5. The Morgan fingerprint density at radius 2 is 1.96 bits per heavy atom. The highest BCUT2D eigenvalue weighted by Gasteiger charge is 2.25. The molecule has 4 heteroatoms. The number of unbranched alkanes of at least 4 members (excludes halogenated alkanes) is 1. The number of hydrogen-bond donors (Lipinski definition) is 2. The van der Waals surface area contributed by atoms with Gasteiger partial charge in [0.25, 0.3) is 0 Å². The third kappa shape index (κ3) is 8.19. The Hall–Kier alpha value is -1.13. The largest absolute Gasteiger partial charge is 0.481 e. The summed E-state index contributed by atoms with van der Waals surface area (Å²) in [5.41, 5.74) is 0. The number of carboxylic acids is 1. The number of rotatable bonds is 10. The fourth-order valence-electron chi connectivity index (χ4n) is 3.94. The lowest BCUT2D eigenvalue weighted by molar-refractivity contribution is -0.137. The molecule has 1 aliphatic carbocycles. The number of ether oxygens (including phenoxy) is 1. The number of aliphatic hydroxyl groups is 1. The molecule has 3 atom stereocenters. The SMILES string of the molecule is O=C(O)CCCC=CC[C@H]1COC[C@H]1C=CC(O)CC1CCCCC1. The molecule has 0 amide bonds. The molecule has 1 heterocycles. The van der Waals surface area contributed by atoms with Gasteiger partial charge in [-0.3, -0.25) is 4.79 Å². The van der Waals surface area contributed by atoms with Gasteiger partial charge in [0.05, 0.1) is 19.3 Å². The van der Waals surface area contributed by atoms with Gasteiger partial charge in [0, 0.05) is 12.3 Å². The minimum absolute atomic E-state index is 0.237. The van der Waals surface area contributed by atoms with Crippen LogP contribution in [0.4, 0.5) is 0 Å². The summed E-state index contributed by atoms with van der Waals surface area (Å²) in [6.45, 7) is 1.51. The lowest BCUT2D eigenvalue weighted by Crippen LogP contribution is -2.15. The first-order valence-corrected chi connectivity index (χ1v) is 9.96. The average molecular weight is 350 g/mol. The van der Waals surface area contributed by atoms with E-state index >= 15 is 0 Å². The van der Waals surface area contributed by atoms with Crippen molar-refractivity contribution in [2.45, 2.75) is 70.3 Å². The predicted molar refractivity (Wildman–Crippen MR) is 99.4 cm³/mol. The monoisotopic (exact) mass is 350 g/mol. The molecular weight excluding hydrogens is 316 g/mol. The number of carboxylic acid groups (broad SMARTS) is 1. The maximum Gasteiger partial charge on any atom is 0.303 e. The molecule has 0 spiro atoms. The van der Waals surface area contributed by atoms with E-state index in [0.29, 0.717) is 24.2 Å². The van der Waals surface area contributed by atoms with Crippen molar-refractivity contribution in [1.82, 2.24) is 0 Å². The molecule has 1 unspecified atom stereocenters. The predicted octanol–water partition coefficient (Wildman–Crippen LogP) is 4.34. The molecule has 4 nitrogen and oxygen atoms in total. The molecule has 0 radical (unpaired) electrons. The van der Waals surface area contributed by atoms with Crippen LogP contribution >= 0.6 is 0 Å². The summed E-state index contributed by atoms with van der Waals surface area (Å²) >= 11 is 0. The van der Waals surface area contributed by atoms with Crippen LogP contribution in [0.5, 0.6) is 0 Å². The molecule has 0 aromatic rings. The molecule has 0 aromatic carbocycles. The van der Waals surface area contributed by atoms with Crippen molar-refractivity contribution in [2.24, 2.45) is 17.8 Å². The average Bonchev–Trinajstić information content (AvgIpc) is 3.04. The molecular formula is C21H34O4. The lowest BCUT2D eigenvalue weighted by atomic mass is 9.85. The molecule has 0 bridgehead atoms. The van der Waals surface area contributed by atoms with Crippen molar-refractivity contribution in [3.8, 4) is 0 Å². The molecule has 25 heavy (non-hydrogen) atoms. The number of allylic oxidation sites excluding steroid dienone is 2. The van der Waals surface area contributed by atoms with E-state index in [1.54, 1.807) is 0 Å². The standard InChI is InChI=1S/C21H34O4/c22-20(14-17-8-4-3-5-9-17)13-12-19-16-25-15-18(19)10-6-1-2-7-11-21(23)24/h1,6,12-13,17-20,22H,2-5,7-11,14-16H2,(H,23,24)/t18-,19+,20?/m0/s1. The lowest BCUT2D eigenvalue weighted by Gasteiger charge is -2.23. The van der Waals surface area contributed by atoms with Crippen molar-refractivity contribution in [3.63, 3.8) is 0 Å². The minimum atomic E-state index is -0.727. The third-order valence-electron chi connectivity index (χ3n) is 5.49. The second-order valence-electron chi connectivity index (χ2n) is 7.65. The van der Waals surface area contributed by atoms with Gasteiger partial charge in [0.15, 0.2) is 0 Å². The first kappa shape index (κ1) is 20.2. The van der Waals surface area contributed by atoms with Gasteiger partial charge in [0.1, 0.15) is 0 Å². The van der Waals surface area contributed by atoms with Crippen molar-refractivity contribution in [1.29, 1.82) is 0 Å². The Balaban J connectivity index is 1.67. The Kier molecular flexibility index (Phi) is 9.27. The van der Waals surface area contributed by atoms with Crippen LogP contribution in [0.15, 0.2) is 24.3 Å². The van der Waals surface area contributed by atoms with Gasteiger partial charge in [0.2, 0.25) is 0 Å². The van der Waals surface area contributed by atoms with Gasteiger partial charge < -0.3 is 14.9 Å². The number of aliphatic hydroxyl groups excluding tert-OH is 1. The van der Waals surface area contributed by atoms with Crippen molar-refractivity contribution in [2.75, 3.05) is 13.2 Å². The van der Waals surface area contributed by atoms with Crippen LogP contribution in [0.25, 0.3) is 0 Å². The van der Waals surface area contributed by atoms with Crippen molar-refractivity contribution in [3.05, 3.63) is 24.3 Å². The first-order valence-electron chi connectivity index (χ1n) is 9.96. The van der Waals surface area contributed by atoms with E-state index in [9.17, 15) is 9.90 Å². The summed E-state index contributed by atoms with van der Waals surface area (Å²) in [7, 11) is 0. The number of aliphatic carboxylic acids is 1. The Bertz CT molecular complexity index is 437. The topological polar surface area (TPSA) is 66.8 Å². The van der Waals surface area contributed by atoms with E-state index < -0.39 is 5.97 Å². The summed E-state index contributed by atoms with van der Waals surface area (Å²) < 4.78 is 5.62. The highest BCUT2D eigenvalue weighted by molar-refractivity contribution is 5.66. The van der Waals surface area contributed by atoms with E-state index in [2.05, 4.69) is 18.2 Å². The molecule has 2 fully saturated rings. The van der Waals surface area contributed by atoms with Gasteiger partial charge in [-0.05, 0) is 37.5 Å². The van der Waals surface area contributed by atoms with Crippen molar-refractivity contribution < 1.29 is 19.7 Å². The normalized spacial score (nSPS) is 26.6. The van der Waals surface area contributed by atoms with Crippen molar-refractivity contribution >= 4 is 5.97 Å². The molecule has 0 aromatic heterocycles. The zero-order chi connectivity index (χ0) is 17.9. The van der Waals surface area contributed by atoms with Crippen LogP contribution in [0, 0.1) is 17.8 Å². The summed E-state index contributed by atoms with van der Waals surface area (Å²) in [6.07, 6.45) is 18.2. The highest BCUT2D eigenvalue weighted by Crippen LogP contribution is 2.29. The fraction of sp³-hybridized carbons (Fsp3) is 0.762. The van der Waals surface area contributed by atoms with Gasteiger partial charge in [-0.15, -0.1) is 0 Å². The second-order valence-corrected chi connectivity index (χ2v) is 7.65. The summed E-state index contributed by atoms with van der Waals surface area (Å²) in [5.74, 6) is 0.811.